The fraction of sp³-hybridized carbons (Fsp3) is 0.238. The molecule has 0 radical (unpaired) electrons. The molecule has 0 amide bonds. The average Bonchev–Trinajstić information content (AvgIpc) is 3.23. The van der Waals surface area contributed by atoms with Crippen molar-refractivity contribution >= 4 is 10.9 Å². The first-order chi connectivity index (χ1) is 13.4. The van der Waals surface area contributed by atoms with Gasteiger partial charge in [0.2, 0.25) is 0 Å². The Morgan fingerprint density at radius 3 is 2.68 bits per heavy atom. The molecular formula is C21H22N4O3. The molecule has 0 saturated carbocycles. The number of methoxy groups -OCH3 is 1. The van der Waals surface area contributed by atoms with E-state index in [1.165, 1.54) is 11.7 Å². The molecule has 0 spiro atoms. The number of ether oxygens (including phenoxy) is 1. The van der Waals surface area contributed by atoms with Crippen LogP contribution in [0.1, 0.15) is 25.3 Å². The molecule has 0 aliphatic rings. The Kier molecular flexibility index (Phi) is 4.22. The van der Waals surface area contributed by atoms with Gasteiger partial charge in [-0.1, -0.05) is 13.8 Å². The summed E-state index contributed by atoms with van der Waals surface area (Å²) in [6, 6.07) is 11.2. The fourth-order valence-electron chi connectivity index (χ4n) is 3.52. The van der Waals surface area contributed by atoms with Crippen LogP contribution in [0.2, 0.25) is 0 Å². The minimum absolute atomic E-state index is 0.101. The molecule has 0 atom stereocenters. The van der Waals surface area contributed by atoms with Crippen molar-refractivity contribution in [2.24, 2.45) is 7.05 Å². The van der Waals surface area contributed by atoms with Gasteiger partial charge in [0, 0.05) is 30.2 Å². The molecule has 0 saturated heterocycles. The predicted octanol–water partition coefficient (Wildman–Crippen LogP) is 3.56. The molecule has 2 aromatic heterocycles. The van der Waals surface area contributed by atoms with Gasteiger partial charge in [-0.15, -0.1) is 0 Å². The SMILES string of the molecule is COc1cc(O)c(C(C)C)cc1-c1n[nH]c(=O)n1-c1ccc2c(ccn2C)c1. The van der Waals surface area contributed by atoms with Crippen molar-refractivity contribution in [2.45, 2.75) is 19.8 Å². The number of fused-ring (bicyclic) bond motifs is 1. The lowest BCUT2D eigenvalue weighted by Gasteiger charge is -2.15. The quantitative estimate of drug-likeness (QED) is 0.569. The van der Waals surface area contributed by atoms with Crippen LogP contribution < -0.4 is 10.4 Å². The van der Waals surface area contributed by atoms with Crippen molar-refractivity contribution in [3.8, 4) is 28.6 Å². The molecule has 2 N–H and O–H groups in total. The van der Waals surface area contributed by atoms with Gasteiger partial charge in [0.25, 0.3) is 0 Å². The number of nitrogens with one attached hydrogen (secondary N) is 1. The van der Waals surface area contributed by atoms with Crippen molar-refractivity contribution in [1.29, 1.82) is 0 Å². The molecule has 2 heterocycles. The second kappa shape index (κ2) is 6.60. The molecule has 4 rings (SSSR count). The van der Waals surface area contributed by atoms with Crippen LogP contribution in [0.3, 0.4) is 0 Å². The highest BCUT2D eigenvalue weighted by Gasteiger charge is 2.20. The zero-order valence-corrected chi connectivity index (χ0v) is 16.2. The Balaban J connectivity index is 1.96. The van der Waals surface area contributed by atoms with Crippen LogP contribution in [-0.4, -0.2) is 31.5 Å². The number of phenols is 1. The monoisotopic (exact) mass is 378 g/mol. The predicted molar refractivity (Wildman–Crippen MR) is 108 cm³/mol. The van der Waals surface area contributed by atoms with Crippen molar-refractivity contribution in [3.05, 3.63) is 58.6 Å². The number of benzene rings is 2. The molecule has 0 aliphatic carbocycles. The second-order valence-electron chi connectivity index (χ2n) is 7.12. The summed E-state index contributed by atoms with van der Waals surface area (Å²) in [6.45, 7) is 3.98. The van der Waals surface area contributed by atoms with Gasteiger partial charge < -0.3 is 14.4 Å². The lowest BCUT2D eigenvalue weighted by molar-refractivity contribution is 0.407. The van der Waals surface area contributed by atoms with Gasteiger partial charge in [-0.05, 0) is 41.8 Å². The standard InChI is InChI=1S/C21H22N4O3/c1-12(2)15-10-16(19(28-4)11-18(15)26)20-22-23-21(27)25(20)14-5-6-17-13(9-14)7-8-24(17)3/h5-12,26H,1-4H3,(H,23,27). The number of rotatable bonds is 4. The minimum Gasteiger partial charge on any atom is -0.508 e. The zero-order valence-electron chi connectivity index (χ0n) is 16.2. The van der Waals surface area contributed by atoms with Crippen molar-refractivity contribution in [2.75, 3.05) is 7.11 Å². The lowest BCUT2D eigenvalue weighted by atomic mass is 9.98. The number of nitrogens with zero attached hydrogens (tertiary/aromatic N) is 3. The molecule has 7 nitrogen and oxygen atoms in total. The Bertz CT molecular complexity index is 1230. The van der Waals surface area contributed by atoms with E-state index in [1.807, 2.05) is 62.0 Å². The molecule has 0 unspecified atom stereocenters. The Morgan fingerprint density at radius 2 is 1.96 bits per heavy atom. The number of hydrogen-bond acceptors (Lipinski definition) is 4. The van der Waals surface area contributed by atoms with Gasteiger partial charge >= 0.3 is 5.69 Å². The first-order valence-electron chi connectivity index (χ1n) is 9.05. The van der Waals surface area contributed by atoms with Crippen LogP contribution in [0, 0.1) is 0 Å². The fourth-order valence-corrected chi connectivity index (χ4v) is 3.52. The maximum atomic E-state index is 12.6. The van der Waals surface area contributed by atoms with E-state index in [2.05, 4.69) is 10.2 Å². The summed E-state index contributed by atoms with van der Waals surface area (Å²) < 4.78 is 9.00. The molecule has 144 valence electrons. The van der Waals surface area contributed by atoms with E-state index in [0.29, 0.717) is 22.8 Å². The Morgan fingerprint density at radius 1 is 1.18 bits per heavy atom. The second-order valence-corrected chi connectivity index (χ2v) is 7.12. The van der Waals surface area contributed by atoms with Gasteiger partial charge in [0.15, 0.2) is 5.82 Å². The van der Waals surface area contributed by atoms with Gasteiger partial charge in [0.05, 0.1) is 18.4 Å². The largest absolute Gasteiger partial charge is 0.508 e. The van der Waals surface area contributed by atoms with E-state index in [9.17, 15) is 9.90 Å². The minimum atomic E-state index is -0.341. The van der Waals surface area contributed by atoms with Crippen LogP contribution in [0.5, 0.6) is 11.5 Å². The van der Waals surface area contributed by atoms with E-state index in [-0.39, 0.29) is 17.4 Å². The summed E-state index contributed by atoms with van der Waals surface area (Å²) >= 11 is 0. The first-order valence-corrected chi connectivity index (χ1v) is 9.05. The van der Waals surface area contributed by atoms with E-state index in [4.69, 9.17) is 4.74 Å². The van der Waals surface area contributed by atoms with E-state index in [1.54, 1.807) is 6.07 Å². The number of hydrogen-bond donors (Lipinski definition) is 2. The highest BCUT2D eigenvalue weighted by molar-refractivity contribution is 5.82. The maximum Gasteiger partial charge on any atom is 0.348 e. The number of aromatic hydroxyl groups is 1. The van der Waals surface area contributed by atoms with E-state index >= 15 is 0 Å². The number of aromatic amines is 1. The van der Waals surface area contributed by atoms with Gasteiger partial charge in [0.1, 0.15) is 11.5 Å². The molecule has 0 bridgehead atoms. The van der Waals surface area contributed by atoms with Crippen molar-refractivity contribution in [3.63, 3.8) is 0 Å². The average molecular weight is 378 g/mol. The molecular weight excluding hydrogens is 356 g/mol. The summed E-state index contributed by atoms with van der Waals surface area (Å²) in [4.78, 5) is 12.6. The summed E-state index contributed by atoms with van der Waals surface area (Å²) in [5.41, 5.74) is 2.83. The molecule has 7 heteroatoms. The Labute approximate surface area is 161 Å². The topological polar surface area (TPSA) is 85.1 Å². The van der Waals surface area contributed by atoms with Crippen LogP contribution in [0.25, 0.3) is 28.0 Å². The van der Waals surface area contributed by atoms with Gasteiger partial charge in [-0.2, -0.15) is 5.10 Å². The number of H-pyrrole nitrogens is 1. The highest BCUT2D eigenvalue weighted by atomic mass is 16.5. The third kappa shape index (κ3) is 2.76. The first kappa shape index (κ1) is 17.9. The van der Waals surface area contributed by atoms with Crippen LogP contribution in [0.15, 0.2) is 47.4 Å². The van der Waals surface area contributed by atoms with Crippen molar-refractivity contribution in [1.82, 2.24) is 19.3 Å². The third-order valence-electron chi connectivity index (χ3n) is 5.01. The summed E-state index contributed by atoms with van der Waals surface area (Å²) in [5.74, 6) is 1.14. The normalized spacial score (nSPS) is 11.5. The van der Waals surface area contributed by atoms with Gasteiger partial charge in [-0.25, -0.2) is 14.5 Å². The number of aryl methyl sites for hydroxylation is 1. The summed E-state index contributed by atoms with van der Waals surface area (Å²) in [5, 5.41) is 18.1. The molecule has 28 heavy (non-hydrogen) atoms. The van der Waals surface area contributed by atoms with Crippen LogP contribution in [0.4, 0.5) is 0 Å². The summed E-state index contributed by atoms with van der Waals surface area (Å²) in [7, 11) is 3.50. The third-order valence-corrected chi connectivity index (χ3v) is 5.01. The van der Waals surface area contributed by atoms with Crippen LogP contribution >= 0.6 is 0 Å². The molecule has 4 aromatic rings. The number of aromatic nitrogens is 4. The maximum absolute atomic E-state index is 12.6. The van der Waals surface area contributed by atoms with Crippen LogP contribution in [-0.2, 0) is 7.05 Å². The molecule has 0 aliphatic heterocycles. The highest BCUT2D eigenvalue weighted by Crippen LogP contribution is 2.38. The van der Waals surface area contributed by atoms with Crippen molar-refractivity contribution < 1.29 is 9.84 Å². The smallest absolute Gasteiger partial charge is 0.348 e. The molecule has 0 fully saturated rings. The van der Waals surface area contributed by atoms with E-state index in [0.717, 1.165) is 16.5 Å². The van der Waals surface area contributed by atoms with E-state index < -0.39 is 0 Å². The number of phenolic OH excluding ortho intramolecular Hbond substituents is 1. The molecule has 2 aromatic carbocycles. The Hall–Kier alpha value is -3.48. The van der Waals surface area contributed by atoms with Gasteiger partial charge in [-0.3, -0.25) is 0 Å². The summed E-state index contributed by atoms with van der Waals surface area (Å²) in [6.07, 6.45) is 1.98. The lowest BCUT2D eigenvalue weighted by Crippen LogP contribution is -2.15. The zero-order chi connectivity index (χ0) is 20.0.